The third-order valence-corrected chi connectivity index (χ3v) is 9.36. The highest BCUT2D eigenvalue weighted by Crippen LogP contribution is 2.53. The Bertz CT molecular complexity index is 1610. The normalized spacial score (nSPS) is 19.3. The number of nitro benzene ring substituents is 1. The number of rotatable bonds is 6. The van der Waals surface area contributed by atoms with Gasteiger partial charge in [0.1, 0.15) is 0 Å². The lowest BCUT2D eigenvalue weighted by Crippen LogP contribution is -2.46. The number of non-ortho nitro benzene ring substituents is 1. The lowest BCUT2D eigenvalue weighted by molar-refractivity contribution is -0.384. The summed E-state index contributed by atoms with van der Waals surface area (Å²) in [6.45, 7) is 4.33. The van der Waals surface area contributed by atoms with E-state index < -0.39 is 5.41 Å². The van der Waals surface area contributed by atoms with Crippen LogP contribution < -0.4 is 9.80 Å². The average molecular weight is 564 g/mol. The number of hydrogen-bond acceptors (Lipinski definition) is 4. The van der Waals surface area contributed by atoms with Gasteiger partial charge in [0.05, 0.1) is 11.0 Å². The van der Waals surface area contributed by atoms with Crippen molar-refractivity contribution in [1.29, 1.82) is 0 Å². The summed E-state index contributed by atoms with van der Waals surface area (Å²) in [4.78, 5) is 15.9. The first kappa shape index (κ1) is 27.1. The molecule has 0 radical (unpaired) electrons. The van der Waals surface area contributed by atoms with Gasteiger partial charge < -0.3 is 9.80 Å². The molecule has 6 heteroatoms. The number of nitrogens with zero attached hydrogens (tertiary/aromatic N) is 3. The molecule has 0 bridgehead atoms. The number of nitro groups is 1. The molecule has 208 valence electrons. The molecule has 0 aromatic heterocycles. The minimum Gasteiger partial charge on any atom is -0.367 e. The monoisotopic (exact) mass is 563 g/mol. The zero-order chi connectivity index (χ0) is 28.9. The van der Waals surface area contributed by atoms with E-state index in [1.807, 2.05) is 12.1 Å². The number of likely N-dealkylation sites (N-methyl/N-ethyl adjacent to an activating group) is 2. The molecular weight excluding hydrogens is 530 g/mol. The summed E-state index contributed by atoms with van der Waals surface area (Å²) < 4.78 is 0. The lowest BCUT2D eigenvalue weighted by Gasteiger charge is -2.39. The third-order valence-electron chi connectivity index (χ3n) is 9.13. The molecule has 0 fully saturated rings. The first-order valence-electron chi connectivity index (χ1n) is 14.0. The summed E-state index contributed by atoms with van der Waals surface area (Å²) in [5, 5.41) is 12.4. The van der Waals surface area contributed by atoms with Gasteiger partial charge >= 0.3 is 0 Å². The highest BCUT2D eigenvalue weighted by Gasteiger charge is 2.51. The highest BCUT2D eigenvalue weighted by atomic mass is 35.5. The van der Waals surface area contributed by atoms with Crippen LogP contribution >= 0.6 is 11.6 Å². The van der Waals surface area contributed by atoms with Gasteiger partial charge in [-0.25, -0.2) is 0 Å². The molecule has 0 amide bonds. The third kappa shape index (κ3) is 4.49. The SMILES string of the molecule is CN1/C(=C/C2N(C)c3ccc(Cl)cc3C2(Cc2ccccc2)Cc2ccccc2)C(C)(C)c2cc([N+](=O)[O-])ccc21. The maximum atomic E-state index is 11.6. The Kier molecular flexibility index (Phi) is 6.66. The van der Waals surface area contributed by atoms with Crippen LogP contribution in [0.3, 0.4) is 0 Å². The molecule has 6 rings (SSSR count). The van der Waals surface area contributed by atoms with E-state index in [1.54, 1.807) is 12.1 Å². The summed E-state index contributed by atoms with van der Waals surface area (Å²) in [5.41, 5.74) is 7.45. The zero-order valence-corrected chi connectivity index (χ0v) is 24.6. The van der Waals surface area contributed by atoms with Crippen LogP contribution in [0.2, 0.25) is 5.02 Å². The van der Waals surface area contributed by atoms with Gasteiger partial charge in [0.2, 0.25) is 0 Å². The second kappa shape index (κ2) is 10.1. The fraction of sp³-hybridized carbons (Fsp3) is 0.257. The molecule has 0 N–H and O–H groups in total. The predicted molar refractivity (Wildman–Crippen MR) is 168 cm³/mol. The van der Waals surface area contributed by atoms with E-state index in [0.29, 0.717) is 0 Å². The largest absolute Gasteiger partial charge is 0.367 e. The van der Waals surface area contributed by atoms with Crippen LogP contribution in [-0.2, 0) is 23.7 Å². The van der Waals surface area contributed by atoms with Gasteiger partial charge in [-0.3, -0.25) is 10.1 Å². The van der Waals surface area contributed by atoms with Gasteiger partial charge in [-0.2, -0.15) is 0 Å². The second-order valence-corrected chi connectivity index (χ2v) is 12.3. The van der Waals surface area contributed by atoms with Crippen LogP contribution in [0, 0.1) is 10.1 Å². The molecule has 2 heterocycles. The van der Waals surface area contributed by atoms with Crippen LogP contribution in [-0.4, -0.2) is 25.1 Å². The number of anilines is 2. The molecule has 1 unspecified atom stereocenters. The Labute approximate surface area is 246 Å². The molecule has 5 nitrogen and oxygen atoms in total. The van der Waals surface area contributed by atoms with Gasteiger partial charge in [0.15, 0.2) is 0 Å². The number of benzene rings is 4. The molecule has 0 saturated carbocycles. The number of fused-ring (bicyclic) bond motifs is 2. The first-order valence-corrected chi connectivity index (χ1v) is 14.4. The predicted octanol–water partition coefficient (Wildman–Crippen LogP) is 8.10. The first-order chi connectivity index (χ1) is 19.6. The van der Waals surface area contributed by atoms with Crippen molar-refractivity contribution >= 4 is 28.7 Å². The van der Waals surface area contributed by atoms with E-state index in [0.717, 1.165) is 34.8 Å². The van der Waals surface area contributed by atoms with Gasteiger partial charge in [-0.1, -0.05) is 86.1 Å². The second-order valence-electron chi connectivity index (χ2n) is 11.9. The standard InChI is InChI=1S/C35H34ClN3O2/c1-34(2)28-20-27(39(40)41)16-18-30(28)37(3)32(34)21-33-35(22-24-11-7-5-8-12-24,23-25-13-9-6-10-14-25)29-19-26(36)15-17-31(29)38(33)4/h5-21,33H,22-23H2,1-4H3/b32-21+. The fourth-order valence-corrected chi connectivity index (χ4v) is 7.31. The van der Waals surface area contributed by atoms with Crippen molar-refractivity contribution in [2.24, 2.45) is 0 Å². The van der Waals surface area contributed by atoms with Crippen molar-refractivity contribution in [2.75, 3.05) is 23.9 Å². The molecule has 0 aliphatic carbocycles. The van der Waals surface area contributed by atoms with Gasteiger partial charge in [-0.15, -0.1) is 0 Å². The Balaban J connectivity index is 1.57. The summed E-state index contributed by atoms with van der Waals surface area (Å²) in [6.07, 6.45) is 4.07. The Hall–Kier alpha value is -4.09. The Morgan fingerprint density at radius 1 is 0.829 bits per heavy atom. The topological polar surface area (TPSA) is 49.6 Å². The molecular formula is C35H34ClN3O2. The minimum atomic E-state index is -0.422. The van der Waals surface area contributed by atoms with E-state index in [1.165, 1.54) is 22.4 Å². The van der Waals surface area contributed by atoms with Crippen LogP contribution in [0.25, 0.3) is 0 Å². The van der Waals surface area contributed by atoms with Crippen molar-refractivity contribution in [3.63, 3.8) is 0 Å². The lowest BCUT2D eigenvalue weighted by atomic mass is 9.67. The van der Waals surface area contributed by atoms with Gasteiger partial charge in [0.25, 0.3) is 5.69 Å². The molecule has 2 aliphatic rings. The average Bonchev–Trinajstić information content (AvgIpc) is 3.29. The van der Waals surface area contributed by atoms with Crippen molar-refractivity contribution in [3.05, 3.63) is 146 Å². The molecule has 41 heavy (non-hydrogen) atoms. The minimum absolute atomic E-state index is 0.00241. The maximum absolute atomic E-state index is 11.6. The fourth-order valence-electron chi connectivity index (χ4n) is 7.14. The van der Waals surface area contributed by atoms with Gasteiger partial charge in [0, 0.05) is 59.2 Å². The van der Waals surface area contributed by atoms with E-state index in [2.05, 4.69) is 117 Å². The number of halogens is 1. The molecule has 1 atom stereocenters. The molecule has 4 aromatic carbocycles. The molecule has 2 aliphatic heterocycles. The smallest absolute Gasteiger partial charge is 0.269 e. The van der Waals surface area contributed by atoms with Crippen molar-refractivity contribution in [3.8, 4) is 0 Å². The van der Waals surface area contributed by atoms with Crippen LogP contribution in [0.5, 0.6) is 0 Å². The van der Waals surface area contributed by atoms with Crippen LogP contribution in [0.4, 0.5) is 17.1 Å². The Morgan fingerprint density at radius 2 is 1.41 bits per heavy atom. The van der Waals surface area contributed by atoms with E-state index in [4.69, 9.17) is 11.6 Å². The van der Waals surface area contributed by atoms with Crippen molar-refractivity contribution < 1.29 is 4.92 Å². The van der Waals surface area contributed by atoms with Crippen molar-refractivity contribution in [1.82, 2.24) is 0 Å². The maximum Gasteiger partial charge on any atom is 0.269 e. The van der Waals surface area contributed by atoms with E-state index >= 15 is 0 Å². The summed E-state index contributed by atoms with van der Waals surface area (Å²) >= 11 is 6.69. The zero-order valence-electron chi connectivity index (χ0n) is 23.8. The Morgan fingerprint density at radius 3 is 2.00 bits per heavy atom. The summed E-state index contributed by atoms with van der Waals surface area (Å²) in [5.74, 6) is 0. The molecule has 4 aromatic rings. The highest BCUT2D eigenvalue weighted by molar-refractivity contribution is 6.30. The van der Waals surface area contributed by atoms with E-state index in [9.17, 15) is 10.1 Å². The quantitative estimate of drug-likeness (QED) is 0.176. The molecule has 0 saturated heterocycles. The van der Waals surface area contributed by atoms with Gasteiger partial charge in [-0.05, 0) is 65.4 Å². The van der Waals surface area contributed by atoms with E-state index in [-0.39, 0.29) is 22.1 Å². The van der Waals surface area contributed by atoms with Crippen molar-refractivity contribution in [2.45, 2.75) is 43.6 Å². The number of hydrogen-bond donors (Lipinski definition) is 0. The summed E-state index contributed by atoms with van der Waals surface area (Å²) in [7, 11) is 4.24. The summed E-state index contributed by atoms with van der Waals surface area (Å²) in [6, 6.07) is 32.9. The molecule has 0 spiro atoms. The number of allylic oxidation sites excluding steroid dienone is 1. The van der Waals surface area contributed by atoms with Crippen LogP contribution in [0.1, 0.15) is 36.1 Å². The van der Waals surface area contributed by atoms with Crippen LogP contribution in [0.15, 0.2) is 109 Å².